The molecule has 5 heteroatoms. The van der Waals surface area contributed by atoms with E-state index >= 15 is 0 Å². The first-order valence-electron chi connectivity index (χ1n) is 9.82. The van der Waals surface area contributed by atoms with Gasteiger partial charge in [0.1, 0.15) is 0 Å². The summed E-state index contributed by atoms with van der Waals surface area (Å²) in [5.41, 5.74) is 3.37. The van der Waals surface area contributed by atoms with Crippen LogP contribution in [-0.2, 0) is 13.0 Å². The molecule has 1 fully saturated rings. The highest BCUT2D eigenvalue weighted by molar-refractivity contribution is 6.30. The molecule has 0 aliphatic carbocycles. The van der Waals surface area contributed by atoms with Crippen molar-refractivity contribution in [3.8, 4) is 5.69 Å². The van der Waals surface area contributed by atoms with Crippen LogP contribution in [0.4, 0.5) is 0 Å². The standard InChI is InChI=1S/C23H26ClN3O/c24-21-8-4-9-22(12-21)27-16-20(14-25-27)15-26-11-5-10-23(17-26,18-28)13-19-6-2-1-3-7-19/h1-4,6-9,12,14,16,28H,5,10-11,13,15,17-18H2. The van der Waals surface area contributed by atoms with E-state index in [-0.39, 0.29) is 12.0 Å². The Morgan fingerprint density at radius 3 is 2.71 bits per heavy atom. The van der Waals surface area contributed by atoms with Gasteiger partial charge in [0.25, 0.3) is 0 Å². The Bertz CT molecular complexity index is 911. The molecular weight excluding hydrogens is 370 g/mol. The molecule has 28 heavy (non-hydrogen) atoms. The third-order valence-electron chi connectivity index (χ3n) is 5.61. The van der Waals surface area contributed by atoms with Crippen LogP contribution in [0.25, 0.3) is 5.69 Å². The number of nitrogens with zero attached hydrogens (tertiary/aromatic N) is 3. The lowest BCUT2D eigenvalue weighted by Crippen LogP contribution is -2.46. The van der Waals surface area contributed by atoms with Crippen molar-refractivity contribution in [1.82, 2.24) is 14.7 Å². The molecule has 0 saturated carbocycles. The van der Waals surface area contributed by atoms with E-state index in [1.54, 1.807) is 0 Å². The average molecular weight is 396 g/mol. The van der Waals surface area contributed by atoms with Crippen molar-refractivity contribution >= 4 is 11.6 Å². The highest BCUT2D eigenvalue weighted by Gasteiger charge is 2.35. The van der Waals surface area contributed by atoms with Gasteiger partial charge in [-0.25, -0.2) is 4.68 Å². The highest BCUT2D eigenvalue weighted by atomic mass is 35.5. The molecule has 0 spiro atoms. The van der Waals surface area contributed by atoms with Crippen LogP contribution in [0.5, 0.6) is 0 Å². The topological polar surface area (TPSA) is 41.3 Å². The Morgan fingerprint density at radius 2 is 1.93 bits per heavy atom. The predicted octanol–water partition coefficient (Wildman–Crippen LogP) is 4.34. The van der Waals surface area contributed by atoms with Crippen LogP contribution in [-0.4, -0.2) is 39.5 Å². The molecule has 1 atom stereocenters. The summed E-state index contributed by atoms with van der Waals surface area (Å²) < 4.78 is 1.87. The summed E-state index contributed by atoms with van der Waals surface area (Å²) in [6.45, 7) is 3.02. The van der Waals surface area contributed by atoms with Crippen LogP contribution in [0.3, 0.4) is 0 Å². The van der Waals surface area contributed by atoms with Crippen molar-refractivity contribution in [2.45, 2.75) is 25.8 Å². The number of piperidine rings is 1. The van der Waals surface area contributed by atoms with Crippen molar-refractivity contribution in [2.75, 3.05) is 19.7 Å². The minimum atomic E-state index is -0.0669. The quantitative estimate of drug-likeness (QED) is 0.674. The first-order valence-corrected chi connectivity index (χ1v) is 10.2. The summed E-state index contributed by atoms with van der Waals surface area (Å²) in [5.74, 6) is 0. The van der Waals surface area contributed by atoms with Gasteiger partial charge in [0, 0.05) is 35.3 Å². The Labute approximate surface area is 171 Å². The normalized spacial score (nSPS) is 20.4. The van der Waals surface area contributed by atoms with E-state index in [0.717, 1.165) is 44.6 Å². The maximum Gasteiger partial charge on any atom is 0.0660 e. The molecule has 0 radical (unpaired) electrons. The number of aliphatic hydroxyl groups is 1. The van der Waals surface area contributed by atoms with Crippen LogP contribution in [0.2, 0.25) is 5.02 Å². The van der Waals surface area contributed by atoms with Gasteiger partial charge in [0.15, 0.2) is 0 Å². The van der Waals surface area contributed by atoms with Crippen molar-refractivity contribution in [1.29, 1.82) is 0 Å². The number of hydrogen-bond acceptors (Lipinski definition) is 3. The summed E-state index contributed by atoms with van der Waals surface area (Å²) in [4.78, 5) is 2.45. The van der Waals surface area contributed by atoms with E-state index in [0.29, 0.717) is 5.02 Å². The smallest absolute Gasteiger partial charge is 0.0660 e. The highest BCUT2D eigenvalue weighted by Crippen LogP contribution is 2.34. The summed E-state index contributed by atoms with van der Waals surface area (Å²) in [5, 5.41) is 15.4. The number of rotatable bonds is 6. The van der Waals surface area contributed by atoms with Crippen LogP contribution in [0.15, 0.2) is 67.0 Å². The van der Waals surface area contributed by atoms with E-state index in [2.05, 4.69) is 40.5 Å². The van der Waals surface area contributed by atoms with Gasteiger partial charge < -0.3 is 5.11 Å². The minimum Gasteiger partial charge on any atom is -0.396 e. The van der Waals surface area contributed by atoms with E-state index in [9.17, 15) is 5.11 Å². The Morgan fingerprint density at radius 1 is 1.07 bits per heavy atom. The third-order valence-corrected chi connectivity index (χ3v) is 5.85. The van der Waals surface area contributed by atoms with Crippen LogP contribution in [0, 0.1) is 5.41 Å². The van der Waals surface area contributed by atoms with Crippen molar-refractivity contribution in [3.63, 3.8) is 0 Å². The lowest BCUT2D eigenvalue weighted by molar-refractivity contribution is 0.0288. The molecule has 1 saturated heterocycles. The molecule has 4 nitrogen and oxygen atoms in total. The largest absolute Gasteiger partial charge is 0.396 e. The lowest BCUT2D eigenvalue weighted by Gasteiger charge is -2.42. The summed E-state index contributed by atoms with van der Waals surface area (Å²) in [6, 6.07) is 18.2. The number of halogens is 1. The second-order valence-electron chi connectivity index (χ2n) is 7.91. The Hall–Kier alpha value is -2.14. The molecule has 4 rings (SSSR count). The maximum atomic E-state index is 10.2. The molecule has 0 bridgehead atoms. The van der Waals surface area contributed by atoms with Crippen molar-refractivity contribution in [3.05, 3.63) is 83.1 Å². The molecule has 3 aromatic rings. The van der Waals surface area contributed by atoms with Gasteiger partial charge in [-0.2, -0.15) is 5.10 Å². The van der Waals surface area contributed by atoms with Gasteiger partial charge in [0.05, 0.1) is 18.5 Å². The van der Waals surface area contributed by atoms with Gasteiger partial charge in [-0.3, -0.25) is 4.90 Å². The number of likely N-dealkylation sites (tertiary alicyclic amines) is 1. The van der Waals surface area contributed by atoms with Gasteiger partial charge in [-0.15, -0.1) is 0 Å². The SMILES string of the molecule is OCC1(Cc2ccccc2)CCCN(Cc2cnn(-c3cccc(Cl)c3)c2)C1. The molecule has 2 heterocycles. The van der Waals surface area contributed by atoms with Gasteiger partial charge in [0.2, 0.25) is 0 Å². The molecule has 1 unspecified atom stereocenters. The maximum absolute atomic E-state index is 10.2. The zero-order chi connectivity index (χ0) is 19.4. The molecule has 1 N–H and O–H groups in total. The fourth-order valence-electron chi connectivity index (χ4n) is 4.26. The summed E-state index contributed by atoms with van der Waals surface area (Å²) in [6.07, 6.45) is 7.08. The number of aliphatic hydroxyl groups excluding tert-OH is 1. The predicted molar refractivity (Wildman–Crippen MR) is 113 cm³/mol. The third kappa shape index (κ3) is 4.46. The van der Waals surface area contributed by atoms with Crippen LogP contribution < -0.4 is 0 Å². The van der Waals surface area contributed by atoms with Gasteiger partial charge in [-0.05, 0) is 49.6 Å². The van der Waals surface area contributed by atoms with Crippen LogP contribution in [0.1, 0.15) is 24.0 Å². The fraction of sp³-hybridized carbons (Fsp3) is 0.348. The average Bonchev–Trinajstić information content (AvgIpc) is 3.17. The molecule has 146 valence electrons. The first-order chi connectivity index (χ1) is 13.7. The monoisotopic (exact) mass is 395 g/mol. The van der Waals surface area contributed by atoms with Gasteiger partial charge in [-0.1, -0.05) is 48.0 Å². The van der Waals surface area contributed by atoms with Crippen molar-refractivity contribution in [2.24, 2.45) is 5.41 Å². The molecule has 0 amide bonds. The molecule has 1 aliphatic rings. The van der Waals surface area contributed by atoms with E-state index < -0.39 is 0 Å². The minimum absolute atomic E-state index is 0.0669. The van der Waals surface area contributed by atoms with Gasteiger partial charge >= 0.3 is 0 Å². The zero-order valence-electron chi connectivity index (χ0n) is 16.0. The summed E-state index contributed by atoms with van der Waals surface area (Å²) >= 11 is 6.10. The van der Waals surface area contributed by atoms with Crippen molar-refractivity contribution < 1.29 is 5.11 Å². The zero-order valence-corrected chi connectivity index (χ0v) is 16.7. The first kappa shape index (κ1) is 19.2. The molecule has 2 aromatic carbocycles. The number of hydrogen-bond donors (Lipinski definition) is 1. The molecule has 1 aromatic heterocycles. The fourth-order valence-corrected chi connectivity index (χ4v) is 4.45. The van der Waals surface area contributed by atoms with Crippen LogP contribution >= 0.6 is 11.6 Å². The number of aromatic nitrogens is 2. The Kier molecular flexibility index (Phi) is 5.81. The summed E-state index contributed by atoms with van der Waals surface area (Å²) in [7, 11) is 0. The second-order valence-corrected chi connectivity index (χ2v) is 8.34. The second kappa shape index (κ2) is 8.48. The molecular formula is C23H26ClN3O. The number of benzene rings is 2. The van der Waals surface area contributed by atoms with E-state index in [4.69, 9.17) is 11.6 Å². The molecule has 1 aliphatic heterocycles. The van der Waals surface area contributed by atoms with E-state index in [1.165, 1.54) is 11.1 Å². The lowest BCUT2D eigenvalue weighted by atomic mass is 9.75. The van der Waals surface area contributed by atoms with E-state index in [1.807, 2.05) is 41.2 Å². The Balaban J connectivity index is 1.45.